The second-order valence-corrected chi connectivity index (χ2v) is 9.64. The van der Waals surface area contributed by atoms with Gasteiger partial charge in [-0.05, 0) is 44.8 Å². The topological polar surface area (TPSA) is 49.4 Å². The molecule has 1 N–H and O–H groups in total. The lowest BCUT2D eigenvalue weighted by atomic mass is 9.56. The smallest absolute Gasteiger partial charge is 0.167 e. The van der Waals surface area contributed by atoms with Crippen molar-refractivity contribution in [3.8, 4) is 0 Å². The van der Waals surface area contributed by atoms with E-state index in [2.05, 4.69) is 48.6 Å². The van der Waals surface area contributed by atoms with Crippen LogP contribution in [0, 0.1) is 23.2 Å². The molecule has 0 amide bonds. The molecule has 2 unspecified atom stereocenters. The van der Waals surface area contributed by atoms with Crippen LogP contribution in [0.4, 0.5) is 0 Å². The van der Waals surface area contributed by atoms with Crippen LogP contribution < -0.4 is 5.32 Å². The fourth-order valence-electron chi connectivity index (χ4n) is 5.59. The maximum Gasteiger partial charge on any atom is 0.167 e. The van der Waals surface area contributed by atoms with Gasteiger partial charge in [0.15, 0.2) is 11.6 Å². The highest BCUT2D eigenvalue weighted by molar-refractivity contribution is 6.01. The summed E-state index contributed by atoms with van der Waals surface area (Å²) in [5.41, 5.74) is 1.20. The molecular formula is C29H34N2O2. The minimum atomic E-state index is -0.267. The van der Waals surface area contributed by atoms with E-state index in [0.29, 0.717) is 13.1 Å². The number of rotatable bonds is 8. The van der Waals surface area contributed by atoms with Gasteiger partial charge in [0, 0.05) is 36.1 Å². The molecule has 2 aromatic carbocycles. The Morgan fingerprint density at radius 3 is 1.88 bits per heavy atom. The molecule has 4 heteroatoms. The molecule has 172 valence electrons. The summed E-state index contributed by atoms with van der Waals surface area (Å²) >= 11 is 0. The van der Waals surface area contributed by atoms with Gasteiger partial charge in [0.25, 0.3) is 0 Å². The molecule has 0 radical (unpaired) electrons. The molecule has 1 saturated heterocycles. The van der Waals surface area contributed by atoms with Gasteiger partial charge in [0.1, 0.15) is 0 Å². The fourth-order valence-corrected chi connectivity index (χ4v) is 5.59. The van der Waals surface area contributed by atoms with E-state index < -0.39 is 0 Å². The van der Waals surface area contributed by atoms with E-state index in [4.69, 9.17) is 0 Å². The fraction of sp³-hybridized carbons (Fsp3) is 0.379. The van der Waals surface area contributed by atoms with E-state index >= 15 is 0 Å². The molecule has 1 aliphatic heterocycles. The molecule has 1 fully saturated rings. The maximum atomic E-state index is 13.8. The maximum absolute atomic E-state index is 13.8. The summed E-state index contributed by atoms with van der Waals surface area (Å²) in [5.74, 6) is -0.355. The molecule has 0 bridgehead atoms. The van der Waals surface area contributed by atoms with Crippen molar-refractivity contribution in [3.05, 3.63) is 96.1 Å². The summed E-state index contributed by atoms with van der Waals surface area (Å²) in [4.78, 5) is 29.9. The number of ketones is 2. The molecule has 0 aromatic heterocycles. The monoisotopic (exact) mass is 442 g/mol. The number of hydrogen-bond donors (Lipinski definition) is 1. The van der Waals surface area contributed by atoms with Crippen LogP contribution >= 0.6 is 0 Å². The van der Waals surface area contributed by atoms with E-state index in [1.54, 1.807) is 0 Å². The van der Waals surface area contributed by atoms with Crippen molar-refractivity contribution in [2.75, 3.05) is 33.7 Å². The van der Waals surface area contributed by atoms with E-state index in [-0.39, 0.29) is 34.7 Å². The lowest BCUT2D eigenvalue weighted by molar-refractivity contribution is 0.0348. The number of hydrogen-bond acceptors (Lipinski definition) is 4. The molecule has 0 saturated carbocycles. The standard InChI is InChI=1S/C29H34N2O2/c1-31(2)19-18-29(16-10-5-11-17-29)26-24(27(32)22-12-6-3-7-13-22)20-30-21-25(26)28(33)23-14-8-4-9-15-23/h3-16,24-26,30H,17-21H2,1-2H3/t24-,25+,26?,29?. The Kier molecular flexibility index (Phi) is 7.36. The van der Waals surface area contributed by atoms with Crippen LogP contribution in [0.1, 0.15) is 33.6 Å². The molecule has 4 atom stereocenters. The van der Waals surface area contributed by atoms with Crippen LogP contribution in [0.25, 0.3) is 0 Å². The van der Waals surface area contributed by atoms with Crippen molar-refractivity contribution in [2.24, 2.45) is 23.2 Å². The molecule has 2 aliphatic rings. The summed E-state index contributed by atoms with van der Waals surface area (Å²) in [6.45, 7) is 2.09. The first kappa shape index (κ1) is 23.3. The number of nitrogens with zero attached hydrogens (tertiary/aromatic N) is 1. The third kappa shape index (κ3) is 5.07. The number of piperidine rings is 1. The van der Waals surface area contributed by atoms with E-state index in [1.165, 1.54) is 0 Å². The van der Waals surface area contributed by atoms with E-state index in [0.717, 1.165) is 30.5 Å². The third-order valence-corrected chi connectivity index (χ3v) is 7.25. The zero-order chi connectivity index (χ0) is 23.3. The van der Waals surface area contributed by atoms with Gasteiger partial charge >= 0.3 is 0 Å². The predicted molar refractivity (Wildman–Crippen MR) is 133 cm³/mol. The molecule has 0 spiro atoms. The Morgan fingerprint density at radius 1 is 0.879 bits per heavy atom. The highest BCUT2D eigenvalue weighted by Crippen LogP contribution is 2.49. The predicted octanol–water partition coefficient (Wildman–Crippen LogP) is 4.66. The summed E-state index contributed by atoms with van der Waals surface area (Å²) in [6.07, 6.45) is 10.4. The van der Waals surface area contributed by atoms with E-state index in [1.807, 2.05) is 60.7 Å². The highest BCUT2D eigenvalue weighted by atomic mass is 16.1. The first-order valence-corrected chi connectivity index (χ1v) is 11.9. The van der Waals surface area contributed by atoms with Crippen molar-refractivity contribution in [3.63, 3.8) is 0 Å². The van der Waals surface area contributed by atoms with Crippen LogP contribution in [0.15, 0.2) is 85.0 Å². The molecule has 33 heavy (non-hydrogen) atoms. The quantitative estimate of drug-likeness (QED) is 0.604. The Hall–Kier alpha value is -2.82. The van der Waals surface area contributed by atoms with Crippen molar-refractivity contribution in [2.45, 2.75) is 12.8 Å². The second-order valence-electron chi connectivity index (χ2n) is 9.64. The van der Waals surface area contributed by atoms with Gasteiger partial charge in [-0.2, -0.15) is 0 Å². The van der Waals surface area contributed by atoms with Crippen molar-refractivity contribution < 1.29 is 9.59 Å². The zero-order valence-electron chi connectivity index (χ0n) is 19.6. The minimum absolute atomic E-state index is 0.0830. The molecule has 4 rings (SSSR count). The van der Waals surface area contributed by atoms with Gasteiger partial charge in [-0.25, -0.2) is 0 Å². The number of allylic oxidation sites excluding steroid dienone is 4. The van der Waals surface area contributed by atoms with Gasteiger partial charge in [0.2, 0.25) is 0 Å². The van der Waals surface area contributed by atoms with Crippen LogP contribution in [0.5, 0.6) is 0 Å². The molecule has 1 heterocycles. The Labute approximate surface area is 197 Å². The summed E-state index contributed by atoms with van der Waals surface area (Å²) in [7, 11) is 4.16. The SMILES string of the molecule is CN(C)CCC1(C2[C@@H](C(=O)c3ccccc3)CNC[C@H]2C(=O)c2ccccc2)C=CC=CC1. The van der Waals surface area contributed by atoms with Crippen molar-refractivity contribution in [1.29, 1.82) is 0 Å². The van der Waals surface area contributed by atoms with Crippen LogP contribution in [-0.2, 0) is 0 Å². The summed E-state index contributed by atoms with van der Waals surface area (Å²) < 4.78 is 0. The largest absolute Gasteiger partial charge is 0.315 e. The van der Waals surface area contributed by atoms with Crippen molar-refractivity contribution in [1.82, 2.24) is 10.2 Å². The molecule has 2 aromatic rings. The molecule has 4 nitrogen and oxygen atoms in total. The normalized spacial score (nSPS) is 26.9. The lowest BCUT2D eigenvalue weighted by Gasteiger charge is -2.49. The van der Waals surface area contributed by atoms with Crippen LogP contribution in [0.2, 0.25) is 0 Å². The first-order valence-electron chi connectivity index (χ1n) is 11.9. The second kappa shape index (κ2) is 10.4. The number of Topliss-reactive ketones (excluding diaryl/α,β-unsaturated/α-hetero) is 2. The Morgan fingerprint density at radius 2 is 1.42 bits per heavy atom. The van der Waals surface area contributed by atoms with Crippen LogP contribution in [-0.4, -0.2) is 50.2 Å². The minimum Gasteiger partial charge on any atom is -0.315 e. The number of nitrogens with one attached hydrogen (secondary N) is 1. The highest BCUT2D eigenvalue weighted by Gasteiger charge is 2.51. The third-order valence-electron chi connectivity index (χ3n) is 7.25. The van der Waals surface area contributed by atoms with Gasteiger partial charge in [-0.15, -0.1) is 0 Å². The Balaban J connectivity index is 1.78. The van der Waals surface area contributed by atoms with Gasteiger partial charge in [-0.1, -0.05) is 85.0 Å². The Bertz CT molecular complexity index is 953. The number of carbonyl (C=O) groups is 2. The van der Waals surface area contributed by atoms with Gasteiger partial charge in [0.05, 0.1) is 0 Å². The van der Waals surface area contributed by atoms with Gasteiger partial charge < -0.3 is 10.2 Å². The lowest BCUT2D eigenvalue weighted by Crippen LogP contribution is -2.55. The average molecular weight is 443 g/mol. The molecule has 1 aliphatic carbocycles. The average Bonchev–Trinajstić information content (AvgIpc) is 2.88. The van der Waals surface area contributed by atoms with E-state index in [9.17, 15) is 9.59 Å². The zero-order valence-corrected chi connectivity index (χ0v) is 19.6. The summed E-state index contributed by atoms with van der Waals surface area (Å²) in [6, 6.07) is 19.1. The van der Waals surface area contributed by atoms with Crippen molar-refractivity contribution >= 4 is 11.6 Å². The molecular weight excluding hydrogens is 408 g/mol. The van der Waals surface area contributed by atoms with Gasteiger partial charge in [-0.3, -0.25) is 9.59 Å². The van der Waals surface area contributed by atoms with Crippen LogP contribution in [0.3, 0.4) is 0 Å². The summed E-state index contributed by atoms with van der Waals surface area (Å²) in [5, 5.41) is 3.44. The number of benzene rings is 2. The first-order chi connectivity index (χ1) is 16.0. The number of carbonyl (C=O) groups excluding carboxylic acids is 2.